The Morgan fingerprint density at radius 2 is 2.04 bits per heavy atom. The zero-order valence-corrected chi connectivity index (χ0v) is 15.3. The fraction of sp³-hybridized carbons (Fsp3) is 0.667. The van der Waals surface area contributed by atoms with E-state index in [-0.39, 0.29) is 12.4 Å². The summed E-state index contributed by atoms with van der Waals surface area (Å²) in [6, 6.07) is 4.54. The van der Waals surface area contributed by atoms with E-state index in [0.717, 1.165) is 51.4 Å². The SMILES string of the molecule is CCCC(c1nnnn1Cc1cccs1)N1CCN(C)CC1.[Cl-]. The lowest BCUT2D eigenvalue weighted by atomic mass is 10.1. The highest BCUT2D eigenvalue weighted by Gasteiger charge is 2.27. The Hall–Kier alpha value is -1.02. The molecule has 2 aromatic rings. The minimum atomic E-state index is 0. The van der Waals surface area contributed by atoms with Crippen LogP contribution in [-0.2, 0) is 6.54 Å². The minimum Gasteiger partial charge on any atom is -1.00 e. The molecule has 0 aliphatic carbocycles. The first kappa shape index (κ1) is 18.3. The molecule has 6 nitrogen and oxygen atoms in total. The molecule has 128 valence electrons. The lowest BCUT2D eigenvalue weighted by Gasteiger charge is -2.37. The second-order valence-corrected chi connectivity index (χ2v) is 6.95. The average molecular weight is 356 g/mol. The first-order valence-electron chi connectivity index (χ1n) is 7.99. The summed E-state index contributed by atoms with van der Waals surface area (Å²) < 4.78 is 1.98. The quantitative estimate of drug-likeness (QED) is 0.656. The Morgan fingerprint density at radius 1 is 1.26 bits per heavy atom. The number of nitrogens with zero attached hydrogens (tertiary/aromatic N) is 6. The molecule has 1 atom stereocenters. The summed E-state index contributed by atoms with van der Waals surface area (Å²) in [7, 11) is 2.19. The maximum Gasteiger partial charge on any atom is 0.168 e. The third kappa shape index (κ3) is 4.50. The standard InChI is InChI=1S/C15H24N6S.ClH/c1-3-5-14(20-9-7-19(2)8-10-20)15-16-17-18-21(15)12-13-6-4-11-22-13;/h4,6,11,14H,3,5,7-10,12H2,1-2H3;1H/p-1. The van der Waals surface area contributed by atoms with Crippen LogP contribution in [0, 0.1) is 0 Å². The number of tetrazole rings is 1. The van der Waals surface area contributed by atoms with Crippen molar-refractivity contribution in [3.8, 4) is 0 Å². The second kappa shape index (κ2) is 8.73. The van der Waals surface area contributed by atoms with Crippen molar-refractivity contribution in [2.45, 2.75) is 32.4 Å². The summed E-state index contributed by atoms with van der Waals surface area (Å²) in [4.78, 5) is 6.22. The second-order valence-electron chi connectivity index (χ2n) is 5.92. The van der Waals surface area contributed by atoms with Crippen LogP contribution in [-0.4, -0.2) is 63.2 Å². The van der Waals surface area contributed by atoms with Crippen molar-refractivity contribution in [3.05, 3.63) is 28.2 Å². The number of likely N-dealkylation sites (N-methyl/N-ethyl adjacent to an activating group) is 1. The molecule has 8 heteroatoms. The van der Waals surface area contributed by atoms with Gasteiger partial charge in [0.15, 0.2) is 5.82 Å². The van der Waals surface area contributed by atoms with Gasteiger partial charge < -0.3 is 17.3 Å². The molecule has 0 amide bonds. The van der Waals surface area contributed by atoms with Gasteiger partial charge in [-0.15, -0.1) is 16.4 Å². The first-order chi connectivity index (χ1) is 10.8. The van der Waals surface area contributed by atoms with Gasteiger partial charge in [-0.05, 0) is 35.3 Å². The van der Waals surface area contributed by atoms with Crippen molar-refractivity contribution < 1.29 is 12.4 Å². The fourth-order valence-electron chi connectivity index (χ4n) is 2.99. The van der Waals surface area contributed by atoms with Gasteiger partial charge in [0.1, 0.15) is 0 Å². The molecule has 0 spiro atoms. The molecular formula is C15H24ClN6S-. The van der Waals surface area contributed by atoms with Gasteiger partial charge in [-0.25, -0.2) is 4.68 Å². The molecule has 23 heavy (non-hydrogen) atoms. The molecule has 3 heterocycles. The molecule has 0 saturated carbocycles. The highest BCUT2D eigenvalue weighted by Crippen LogP contribution is 2.25. The molecule has 1 fully saturated rings. The number of aromatic nitrogens is 4. The normalized spacial score (nSPS) is 17.8. The highest BCUT2D eigenvalue weighted by molar-refractivity contribution is 7.09. The summed E-state index contributed by atoms with van der Waals surface area (Å²) in [6.45, 7) is 7.42. The Morgan fingerprint density at radius 3 is 2.70 bits per heavy atom. The molecule has 3 rings (SSSR count). The van der Waals surface area contributed by atoms with Crippen LogP contribution in [0.15, 0.2) is 17.5 Å². The Balaban J connectivity index is 0.00000192. The van der Waals surface area contributed by atoms with Gasteiger partial charge in [0.05, 0.1) is 12.6 Å². The minimum absolute atomic E-state index is 0. The van der Waals surface area contributed by atoms with Crippen molar-refractivity contribution in [2.24, 2.45) is 0 Å². The van der Waals surface area contributed by atoms with E-state index < -0.39 is 0 Å². The average Bonchev–Trinajstić information content (AvgIpc) is 3.18. The summed E-state index contributed by atoms with van der Waals surface area (Å²) >= 11 is 1.75. The van der Waals surface area contributed by atoms with Crippen LogP contribution in [0.3, 0.4) is 0 Å². The van der Waals surface area contributed by atoms with E-state index in [2.05, 4.69) is 56.8 Å². The van der Waals surface area contributed by atoms with Crippen molar-refractivity contribution >= 4 is 11.3 Å². The van der Waals surface area contributed by atoms with Gasteiger partial charge in [-0.1, -0.05) is 19.4 Å². The zero-order chi connectivity index (χ0) is 15.4. The van der Waals surface area contributed by atoms with E-state index in [1.807, 2.05) is 4.68 Å². The lowest BCUT2D eigenvalue weighted by Crippen LogP contribution is -3.00. The maximum absolute atomic E-state index is 4.36. The third-order valence-electron chi connectivity index (χ3n) is 4.28. The first-order valence-corrected chi connectivity index (χ1v) is 8.87. The van der Waals surface area contributed by atoms with Gasteiger partial charge in [0.2, 0.25) is 0 Å². The summed E-state index contributed by atoms with van der Waals surface area (Å²) in [5, 5.41) is 14.6. The van der Waals surface area contributed by atoms with Gasteiger partial charge in [0.25, 0.3) is 0 Å². The molecule has 1 saturated heterocycles. The van der Waals surface area contributed by atoms with E-state index in [1.54, 1.807) is 11.3 Å². The van der Waals surface area contributed by atoms with Crippen LogP contribution in [0.2, 0.25) is 0 Å². The predicted octanol–water partition coefficient (Wildman–Crippen LogP) is -1.12. The smallest absolute Gasteiger partial charge is 0.168 e. The van der Waals surface area contributed by atoms with E-state index >= 15 is 0 Å². The number of rotatable bonds is 6. The Kier molecular flexibility index (Phi) is 6.95. The fourth-order valence-corrected chi connectivity index (χ4v) is 3.68. The monoisotopic (exact) mass is 355 g/mol. The largest absolute Gasteiger partial charge is 1.00 e. The van der Waals surface area contributed by atoms with Gasteiger partial charge in [-0.3, -0.25) is 4.90 Å². The number of hydrogen-bond donors (Lipinski definition) is 0. The van der Waals surface area contributed by atoms with Gasteiger partial charge >= 0.3 is 0 Å². The van der Waals surface area contributed by atoms with Crippen molar-refractivity contribution in [1.82, 2.24) is 30.0 Å². The Bertz CT molecular complexity index is 564. The van der Waals surface area contributed by atoms with Gasteiger partial charge in [-0.2, -0.15) is 0 Å². The van der Waals surface area contributed by atoms with Crippen LogP contribution < -0.4 is 12.4 Å². The number of piperazine rings is 1. The third-order valence-corrected chi connectivity index (χ3v) is 5.15. The molecule has 1 unspecified atom stereocenters. The highest BCUT2D eigenvalue weighted by atomic mass is 35.5. The number of hydrogen-bond acceptors (Lipinski definition) is 6. The molecule has 0 bridgehead atoms. The molecule has 1 aliphatic heterocycles. The lowest BCUT2D eigenvalue weighted by molar-refractivity contribution is -0.00000478. The predicted molar refractivity (Wildman–Crippen MR) is 88.0 cm³/mol. The molecule has 0 radical (unpaired) electrons. The van der Waals surface area contributed by atoms with E-state index in [1.165, 1.54) is 4.88 Å². The molecule has 2 aromatic heterocycles. The van der Waals surface area contributed by atoms with Gasteiger partial charge in [0, 0.05) is 31.1 Å². The van der Waals surface area contributed by atoms with Crippen LogP contribution >= 0.6 is 11.3 Å². The molecule has 0 N–H and O–H groups in total. The van der Waals surface area contributed by atoms with Crippen LogP contribution in [0.5, 0.6) is 0 Å². The number of halogens is 1. The molecule has 0 aromatic carbocycles. The zero-order valence-electron chi connectivity index (χ0n) is 13.7. The maximum atomic E-state index is 4.36. The van der Waals surface area contributed by atoms with E-state index in [4.69, 9.17) is 0 Å². The van der Waals surface area contributed by atoms with Crippen LogP contribution in [0.25, 0.3) is 0 Å². The van der Waals surface area contributed by atoms with Crippen molar-refractivity contribution in [2.75, 3.05) is 33.2 Å². The van der Waals surface area contributed by atoms with Crippen molar-refractivity contribution in [3.63, 3.8) is 0 Å². The van der Waals surface area contributed by atoms with Crippen LogP contribution in [0.1, 0.15) is 36.5 Å². The summed E-state index contributed by atoms with van der Waals surface area (Å²) in [5.74, 6) is 1.01. The Labute approximate surface area is 147 Å². The number of thiophene rings is 1. The molecular weight excluding hydrogens is 332 g/mol. The van der Waals surface area contributed by atoms with Crippen LogP contribution in [0.4, 0.5) is 0 Å². The topological polar surface area (TPSA) is 50.1 Å². The van der Waals surface area contributed by atoms with E-state index in [0.29, 0.717) is 6.04 Å². The van der Waals surface area contributed by atoms with E-state index in [9.17, 15) is 0 Å². The summed E-state index contributed by atoms with van der Waals surface area (Å²) in [6.07, 6.45) is 2.25. The van der Waals surface area contributed by atoms with Crippen molar-refractivity contribution in [1.29, 1.82) is 0 Å². The summed E-state index contributed by atoms with van der Waals surface area (Å²) in [5.41, 5.74) is 0. The molecule has 1 aliphatic rings.